The van der Waals surface area contributed by atoms with Gasteiger partial charge in [0.1, 0.15) is 10.0 Å². The van der Waals surface area contributed by atoms with Gasteiger partial charge in [-0.2, -0.15) is 0 Å². The highest BCUT2D eigenvalue weighted by Gasteiger charge is 2.30. The third-order valence-electron chi connectivity index (χ3n) is 4.55. The summed E-state index contributed by atoms with van der Waals surface area (Å²) >= 11 is 1.16. The van der Waals surface area contributed by atoms with Gasteiger partial charge >= 0.3 is 0 Å². The highest BCUT2D eigenvalue weighted by molar-refractivity contribution is 7.94. The second kappa shape index (κ2) is 7.43. The minimum Gasteiger partial charge on any atom is -0.280 e. The zero-order valence-corrected chi connectivity index (χ0v) is 17.5. The molecule has 0 bridgehead atoms. The second-order valence-electron chi connectivity index (χ2n) is 6.52. The molecule has 152 valence electrons. The van der Waals surface area contributed by atoms with Gasteiger partial charge in [0.15, 0.2) is 0 Å². The van der Waals surface area contributed by atoms with Gasteiger partial charge in [-0.05, 0) is 66.2 Å². The van der Waals surface area contributed by atoms with E-state index < -0.39 is 25.9 Å². The van der Waals surface area contributed by atoms with E-state index in [1.807, 2.05) is 0 Å². The number of halogens is 1. The molecule has 3 aromatic rings. The summed E-state index contributed by atoms with van der Waals surface area (Å²) in [6.45, 7) is 0.363. The van der Waals surface area contributed by atoms with E-state index in [1.165, 1.54) is 28.6 Å². The summed E-state index contributed by atoms with van der Waals surface area (Å²) in [5, 5.41) is 1.71. The number of hydrogen-bond donors (Lipinski definition) is 1. The van der Waals surface area contributed by atoms with Crippen LogP contribution in [0.2, 0.25) is 0 Å². The van der Waals surface area contributed by atoms with Crippen LogP contribution in [0.3, 0.4) is 0 Å². The van der Waals surface area contributed by atoms with E-state index >= 15 is 0 Å². The average Bonchev–Trinajstić information content (AvgIpc) is 3.23. The molecule has 1 aliphatic rings. The number of thiophene rings is 1. The van der Waals surface area contributed by atoms with Crippen molar-refractivity contribution in [1.82, 2.24) is 0 Å². The molecular weight excluding hydrogens is 435 g/mol. The van der Waals surface area contributed by atoms with Gasteiger partial charge in [-0.3, -0.25) is 9.03 Å². The Bertz CT molecular complexity index is 1260. The van der Waals surface area contributed by atoms with Crippen LogP contribution in [-0.2, 0) is 26.5 Å². The van der Waals surface area contributed by atoms with Crippen LogP contribution in [0, 0.1) is 5.82 Å². The molecule has 1 aliphatic heterocycles. The van der Waals surface area contributed by atoms with E-state index in [4.69, 9.17) is 0 Å². The predicted octanol–water partition coefficient (Wildman–Crippen LogP) is 3.83. The lowest BCUT2D eigenvalue weighted by Crippen LogP contribution is -2.35. The van der Waals surface area contributed by atoms with E-state index in [2.05, 4.69) is 4.72 Å². The molecule has 0 atom stereocenters. The van der Waals surface area contributed by atoms with Gasteiger partial charge < -0.3 is 0 Å². The molecule has 0 fully saturated rings. The number of anilines is 2. The Labute approximate surface area is 172 Å². The quantitative estimate of drug-likeness (QED) is 0.638. The van der Waals surface area contributed by atoms with Gasteiger partial charge in [0.05, 0.1) is 10.6 Å². The molecule has 1 aromatic heterocycles. The molecule has 0 aliphatic carbocycles. The van der Waals surface area contributed by atoms with Crippen LogP contribution in [0.1, 0.15) is 12.0 Å². The molecule has 2 aromatic carbocycles. The van der Waals surface area contributed by atoms with Gasteiger partial charge in [-0.25, -0.2) is 21.2 Å². The number of nitrogens with one attached hydrogen (secondary N) is 1. The molecule has 0 amide bonds. The van der Waals surface area contributed by atoms with Crippen molar-refractivity contribution in [1.29, 1.82) is 0 Å². The topological polar surface area (TPSA) is 83.6 Å². The van der Waals surface area contributed by atoms with E-state index in [9.17, 15) is 21.2 Å². The number of rotatable bonds is 5. The summed E-state index contributed by atoms with van der Waals surface area (Å²) in [4.78, 5) is -0.183. The van der Waals surface area contributed by atoms with E-state index in [1.54, 1.807) is 29.6 Å². The van der Waals surface area contributed by atoms with Gasteiger partial charge in [-0.15, -0.1) is 11.3 Å². The third kappa shape index (κ3) is 3.87. The van der Waals surface area contributed by atoms with Gasteiger partial charge in [-0.1, -0.05) is 12.1 Å². The van der Waals surface area contributed by atoms with Crippen LogP contribution < -0.4 is 9.03 Å². The minimum atomic E-state index is -3.96. The minimum absolute atomic E-state index is 0.183. The number of fused-ring (bicyclic) bond motifs is 1. The van der Waals surface area contributed by atoms with Crippen molar-refractivity contribution < 1.29 is 21.2 Å². The maximum absolute atomic E-state index is 13.4. The van der Waals surface area contributed by atoms with Crippen LogP contribution in [0.25, 0.3) is 0 Å². The molecule has 1 N–H and O–H groups in total. The Hall–Kier alpha value is -2.43. The van der Waals surface area contributed by atoms with Crippen LogP contribution in [0.15, 0.2) is 69.1 Å². The number of sulfonamides is 2. The van der Waals surface area contributed by atoms with E-state index in [-0.39, 0.29) is 9.10 Å². The first kappa shape index (κ1) is 19.9. The highest BCUT2D eigenvalue weighted by Crippen LogP contribution is 2.35. The fraction of sp³-hybridized carbons (Fsp3) is 0.158. The molecule has 0 radical (unpaired) electrons. The maximum Gasteiger partial charge on any atom is 0.273 e. The van der Waals surface area contributed by atoms with E-state index in [0.717, 1.165) is 23.0 Å². The fourth-order valence-electron chi connectivity index (χ4n) is 3.24. The smallest absolute Gasteiger partial charge is 0.273 e. The second-order valence-corrected chi connectivity index (χ2v) is 11.2. The van der Waals surface area contributed by atoms with E-state index in [0.29, 0.717) is 30.8 Å². The van der Waals surface area contributed by atoms with Crippen molar-refractivity contribution in [3.8, 4) is 0 Å². The van der Waals surface area contributed by atoms with Crippen LogP contribution >= 0.6 is 11.3 Å². The Morgan fingerprint density at radius 2 is 1.83 bits per heavy atom. The lowest BCUT2D eigenvalue weighted by molar-refractivity contribution is 0.588. The summed E-state index contributed by atoms with van der Waals surface area (Å²) in [5.41, 5.74) is 1.57. The van der Waals surface area contributed by atoms with Crippen molar-refractivity contribution >= 4 is 42.8 Å². The van der Waals surface area contributed by atoms with Crippen LogP contribution in [-0.4, -0.2) is 23.4 Å². The number of benzene rings is 2. The van der Waals surface area contributed by atoms with Crippen molar-refractivity contribution in [2.24, 2.45) is 0 Å². The molecule has 10 heteroatoms. The molecular formula is C19H17FN2O4S3. The zero-order valence-electron chi connectivity index (χ0n) is 15.1. The average molecular weight is 453 g/mol. The predicted molar refractivity (Wildman–Crippen MR) is 111 cm³/mol. The monoisotopic (exact) mass is 452 g/mol. The van der Waals surface area contributed by atoms with Crippen molar-refractivity contribution in [2.45, 2.75) is 21.9 Å². The number of aryl methyl sites for hydroxylation is 1. The Morgan fingerprint density at radius 3 is 2.55 bits per heavy atom. The lowest BCUT2D eigenvalue weighted by atomic mass is 10.0. The first-order valence-corrected chi connectivity index (χ1v) is 12.6. The fourth-order valence-corrected chi connectivity index (χ4v) is 6.97. The van der Waals surface area contributed by atoms with Gasteiger partial charge in [0.25, 0.3) is 20.0 Å². The molecule has 0 saturated carbocycles. The van der Waals surface area contributed by atoms with Crippen LogP contribution in [0.5, 0.6) is 0 Å². The zero-order chi connectivity index (χ0) is 20.6. The van der Waals surface area contributed by atoms with Crippen molar-refractivity contribution in [3.63, 3.8) is 0 Å². The summed E-state index contributed by atoms with van der Waals surface area (Å²) in [5.74, 6) is -0.646. The first-order valence-electron chi connectivity index (χ1n) is 8.75. The molecule has 0 unspecified atom stereocenters. The molecule has 0 spiro atoms. The van der Waals surface area contributed by atoms with Crippen molar-refractivity contribution in [3.05, 3.63) is 71.4 Å². The summed E-state index contributed by atoms with van der Waals surface area (Å²) in [6.07, 6.45) is 1.25. The first-order chi connectivity index (χ1) is 13.8. The lowest BCUT2D eigenvalue weighted by Gasteiger charge is -2.30. The number of hydrogen-bond acceptors (Lipinski definition) is 5. The summed E-state index contributed by atoms with van der Waals surface area (Å²) < 4.78 is 68.3. The summed E-state index contributed by atoms with van der Waals surface area (Å²) in [6, 6.07) is 12.7. The number of nitrogens with zero attached hydrogens (tertiary/aromatic N) is 1. The Kier molecular flexibility index (Phi) is 5.09. The van der Waals surface area contributed by atoms with Gasteiger partial charge in [0.2, 0.25) is 0 Å². The highest BCUT2D eigenvalue weighted by atomic mass is 32.2. The molecule has 0 saturated heterocycles. The van der Waals surface area contributed by atoms with Crippen LogP contribution in [0.4, 0.5) is 15.8 Å². The molecule has 6 nitrogen and oxygen atoms in total. The molecule has 2 heterocycles. The summed E-state index contributed by atoms with van der Waals surface area (Å²) in [7, 11) is -7.62. The normalized spacial score (nSPS) is 14.4. The Morgan fingerprint density at radius 1 is 1.00 bits per heavy atom. The van der Waals surface area contributed by atoms with Crippen molar-refractivity contribution in [2.75, 3.05) is 15.6 Å². The molecule has 4 rings (SSSR count). The third-order valence-corrected chi connectivity index (χ3v) is 9.12. The van der Waals surface area contributed by atoms with Gasteiger partial charge in [0, 0.05) is 12.2 Å². The maximum atomic E-state index is 13.4. The molecule has 29 heavy (non-hydrogen) atoms. The standard InChI is InChI=1S/C19H17FN2O4S3/c20-15-5-1-6-17(13-15)28(23,24)21-16-8-9-18-14(12-16)4-2-10-22(18)29(25,26)19-7-3-11-27-19/h1,3,5-9,11-13,21H,2,4,10H2. The largest absolute Gasteiger partial charge is 0.280 e. The SMILES string of the molecule is O=S(=O)(Nc1ccc2c(c1)CCCN2S(=O)(=O)c1cccs1)c1cccc(F)c1. The Balaban J connectivity index is 1.66.